The van der Waals surface area contributed by atoms with E-state index in [2.05, 4.69) is 20.2 Å². The average molecular weight is 236 g/mol. The van der Waals surface area contributed by atoms with Crippen LogP contribution in [0.4, 0.5) is 0 Å². The van der Waals surface area contributed by atoms with Gasteiger partial charge in [-0.3, -0.25) is 4.90 Å². The maximum atomic E-state index is 5.52. The first-order chi connectivity index (χ1) is 8.40. The van der Waals surface area contributed by atoms with Crippen LogP contribution in [0.2, 0.25) is 0 Å². The summed E-state index contributed by atoms with van der Waals surface area (Å²) in [5.41, 5.74) is 1.08. The molecule has 0 atom stereocenters. The van der Waals surface area contributed by atoms with Crippen molar-refractivity contribution in [3.05, 3.63) is 18.1 Å². The quantitative estimate of drug-likeness (QED) is 0.832. The van der Waals surface area contributed by atoms with Gasteiger partial charge in [0.25, 0.3) is 0 Å². The maximum absolute atomic E-state index is 5.52. The first kappa shape index (κ1) is 12.3. The molecule has 0 spiro atoms. The van der Waals surface area contributed by atoms with E-state index < -0.39 is 0 Å². The van der Waals surface area contributed by atoms with Gasteiger partial charge >= 0.3 is 0 Å². The molecule has 0 aliphatic carbocycles. The monoisotopic (exact) mass is 236 g/mol. The second-order valence-electron chi connectivity index (χ2n) is 4.17. The van der Waals surface area contributed by atoms with Crippen molar-refractivity contribution in [2.45, 2.75) is 19.9 Å². The number of ether oxygens (including phenoxy) is 1. The van der Waals surface area contributed by atoms with Gasteiger partial charge in [0.05, 0.1) is 6.61 Å². The normalized spacial score (nSPS) is 17.7. The molecule has 2 rings (SSSR count). The van der Waals surface area contributed by atoms with E-state index in [0.29, 0.717) is 6.61 Å². The summed E-state index contributed by atoms with van der Waals surface area (Å²) in [4.78, 5) is 10.7. The van der Waals surface area contributed by atoms with Crippen molar-refractivity contribution in [3.63, 3.8) is 0 Å². The second-order valence-corrected chi connectivity index (χ2v) is 4.17. The molecule has 0 saturated carbocycles. The molecule has 94 valence electrons. The highest BCUT2D eigenvalue weighted by molar-refractivity contribution is 5.22. The molecule has 2 heterocycles. The fraction of sp³-hybridized carbons (Fsp3) is 0.667. The van der Waals surface area contributed by atoms with Gasteiger partial charge in [-0.25, -0.2) is 9.97 Å². The number of rotatable bonds is 4. The molecule has 0 unspecified atom stereocenters. The number of nitrogens with one attached hydrogen (secondary N) is 1. The SMILES string of the molecule is CCOc1ncncc1CN1CCCNCC1. The summed E-state index contributed by atoms with van der Waals surface area (Å²) >= 11 is 0. The molecule has 0 bridgehead atoms. The summed E-state index contributed by atoms with van der Waals surface area (Å²) < 4.78 is 5.52. The van der Waals surface area contributed by atoms with Crippen molar-refractivity contribution in [1.29, 1.82) is 0 Å². The minimum Gasteiger partial charge on any atom is -0.478 e. The van der Waals surface area contributed by atoms with E-state index in [1.54, 1.807) is 6.33 Å². The predicted molar refractivity (Wildman–Crippen MR) is 66.0 cm³/mol. The molecule has 1 aliphatic rings. The number of hydrogen-bond donors (Lipinski definition) is 1. The Morgan fingerprint density at radius 2 is 2.35 bits per heavy atom. The Kier molecular flexibility index (Phi) is 4.70. The van der Waals surface area contributed by atoms with E-state index in [0.717, 1.165) is 44.2 Å². The van der Waals surface area contributed by atoms with Crippen LogP contribution in [0.1, 0.15) is 18.9 Å². The van der Waals surface area contributed by atoms with E-state index >= 15 is 0 Å². The largest absolute Gasteiger partial charge is 0.478 e. The van der Waals surface area contributed by atoms with Crippen molar-refractivity contribution in [2.24, 2.45) is 0 Å². The summed E-state index contributed by atoms with van der Waals surface area (Å²) in [7, 11) is 0. The van der Waals surface area contributed by atoms with Crippen molar-refractivity contribution < 1.29 is 4.74 Å². The average Bonchev–Trinajstić information content (AvgIpc) is 2.61. The van der Waals surface area contributed by atoms with Crippen LogP contribution in [0.5, 0.6) is 5.88 Å². The number of nitrogens with zero attached hydrogens (tertiary/aromatic N) is 3. The Labute approximate surface area is 102 Å². The molecule has 17 heavy (non-hydrogen) atoms. The lowest BCUT2D eigenvalue weighted by molar-refractivity contribution is 0.268. The van der Waals surface area contributed by atoms with Gasteiger partial charge in [0.2, 0.25) is 5.88 Å². The Morgan fingerprint density at radius 3 is 3.24 bits per heavy atom. The standard InChI is InChI=1S/C12H20N4O/c1-2-17-12-11(8-14-10-15-12)9-16-6-3-4-13-5-7-16/h8,10,13H,2-7,9H2,1H3. The zero-order valence-corrected chi connectivity index (χ0v) is 10.4. The Bertz CT molecular complexity index is 337. The minimum atomic E-state index is 0.644. The molecule has 0 radical (unpaired) electrons. The summed E-state index contributed by atoms with van der Waals surface area (Å²) in [6.45, 7) is 7.84. The van der Waals surface area contributed by atoms with Gasteiger partial charge in [-0.1, -0.05) is 0 Å². The van der Waals surface area contributed by atoms with Crippen LogP contribution in [0.3, 0.4) is 0 Å². The second kappa shape index (κ2) is 6.51. The number of aromatic nitrogens is 2. The van der Waals surface area contributed by atoms with Crippen LogP contribution in [0, 0.1) is 0 Å². The summed E-state index contributed by atoms with van der Waals surface area (Å²) in [6.07, 6.45) is 4.59. The highest BCUT2D eigenvalue weighted by atomic mass is 16.5. The predicted octanol–water partition coefficient (Wildman–Crippen LogP) is 0.671. The van der Waals surface area contributed by atoms with E-state index in [1.165, 1.54) is 6.42 Å². The van der Waals surface area contributed by atoms with E-state index in [-0.39, 0.29) is 0 Å². The molecule has 1 aromatic rings. The minimum absolute atomic E-state index is 0.644. The molecule has 1 aliphatic heterocycles. The fourth-order valence-corrected chi connectivity index (χ4v) is 2.02. The Morgan fingerprint density at radius 1 is 1.41 bits per heavy atom. The van der Waals surface area contributed by atoms with Gasteiger partial charge < -0.3 is 10.1 Å². The van der Waals surface area contributed by atoms with Gasteiger partial charge in [-0.2, -0.15) is 0 Å². The molecular weight excluding hydrogens is 216 g/mol. The third kappa shape index (κ3) is 3.64. The maximum Gasteiger partial charge on any atom is 0.220 e. The molecule has 1 N–H and O–H groups in total. The van der Waals surface area contributed by atoms with E-state index in [1.807, 2.05) is 13.1 Å². The van der Waals surface area contributed by atoms with Crippen LogP contribution < -0.4 is 10.1 Å². The van der Waals surface area contributed by atoms with Gasteiger partial charge in [0.1, 0.15) is 6.33 Å². The third-order valence-electron chi connectivity index (χ3n) is 2.85. The van der Waals surface area contributed by atoms with E-state index in [4.69, 9.17) is 4.74 Å². The smallest absolute Gasteiger partial charge is 0.220 e. The van der Waals surface area contributed by atoms with Gasteiger partial charge in [-0.05, 0) is 26.4 Å². The van der Waals surface area contributed by atoms with Gasteiger partial charge in [-0.15, -0.1) is 0 Å². The third-order valence-corrected chi connectivity index (χ3v) is 2.85. The van der Waals surface area contributed by atoms with Crippen molar-refractivity contribution >= 4 is 0 Å². The van der Waals surface area contributed by atoms with Crippen LogP contribution in [-0.2, 0) is 6.54 Å². The van der Waals surface area contributed by atoms with E-state index in [9.17, 15) is 0 Å². The first-order valence-electron chi connectivity index (χ1n) is 6.25. The fourth-order valence-electron chi connectivity index (χ4n) is 2.02. The lowest BCUT2D eigenvalue weighted by Crippen LogP contribution is -2.28. The van der Waals surface area contributed by atoms with Crippen molar-refractivity contribution in [1.82, 2.24) is 20.2 Å². The lowest BCUT2D eigenvalue weighted by Gasteiger charge is -2.20. The zero-order chi connectivity index (χ0) is 11.9. The molecule has 0 aromatic carbocycles. The highest BCUT2D eigenvalue weighted by Crippen LogP contribution is 2.15. The van der Waals surface area contributed by atoms with Crippen LogP contribution in [0.15, 0.2) is 12.5 Å². The van der Waals surface area contributed by atoms with Crippen molar-refractivity contribution in [2.75, 3.05) is 32.8 Å². The summed E-state index contributed by atoms with van der Waals surface area (Å²) in [5, 5.41) is 3.40. The summed E-state index contributed by atoms with van der Waals surface area (Å²) in [6, 6.07) is 0. The molecule has 5 heteroatoms. The Balaban J connectivity index is 2.00. The van der Waals surface area contributed by atoms with Crippen LogP contribution >= 0.6 is 0 Å². The molecule has 5 nitrogen and oxygen atoms in total. The highest BCUT2D eigenvalue weighted by Gasteiger charge is 2.12. The molecule has 0 amide bonds. The zero-order valence-electron chi connectivity index (χ0n) is 10.4. The topological polar surface area (TPSA) is 50.3 Å². The molecular formula is C12H20N4O. The Hall–Kier alpha value is -1.20. The van der Waals surface area contributed by atoms with Crippen molar-refractivity contribution in [3.8, 4) is 5.88 Å². The molecule has 1 saturated heterocycles. The molecule has 1 fully saturated rings. The van der Waals surface area contributed by atoms with Gasteiger partial charge in [0.15, 0.2) is 0 Å². The first-order valence-corrected chi connectivity index (χ1v) is 6.25. The number of hydrogen-bond acceptors (Lipinski definition) is 5. The lowest BCUT2D eigenvalue weighted by atomic mass is 10.3. The van der Waals surface area contributed by atoms with Crippen LogP contribution in [0.25, 0.3) is 0 Å². The van der Waals surface area contributed by atoms with Gasteiger partial charge in [0, 0.05) is 31.4 Å². The summed E-state index contributed by atoms with van der Waals surface area (Å²) in [5.74, 6) is 0.722. The molecule has 1 aromatic heterocycles. The van der Waals surface area contributed by atoms with Crippen LogP contribution in [-0.4, -0.2) is 47.7 Å².